The number of halogens is 4. The summed E-state index contributed by atoms with van der Waals surface area (Å²) in [6.07, 6.45) is 6.61. The predicted octanol–water partition coefficient (Wildman–Crippen LogP) is 8.95. The molecule has 2 aromatic carbocycles. The van der Waals surface area contributed by atoms with Crippen LogP contribution in [0.25, 0.3) is 66.9 Å². The number of nitrogens with zero attached hydrogens (tertiary/aromatic N) is 11. The van der Waals surface area contributed by atoms with Gasteiger partial charge in [0, 0.05) is 90.0 Å². The summed E-state index contributed by atoms with van der Waals surface area (Å²) in [6.45, 7) is 13.4. The first-order valence-corrected chi connectivity index (χ1v) is 29.4. The van der Waals surface area contributed by atoms with Crippen LogP contribution in [-0.2, 0) is 34.1 Å². The van der Waals surface area contributed by atoms with E-state index >= 15 is 0 Å². The molecule has 0 fully saturated rings. The summed E-state index contributed by atoms with van der Waals surface area (Å²) in [5.74, 6) is -0.884. The third kappa shape index (κ3) is 15.0. The van der Waals surface area contributed by atoms with Crippen molar-refractivity contribution in [2.24, 2.45) is 0 Å². The van der Waals surface area contributed by atoms with E-state index in [9.17, 15) is 36.7 Å². The van der Waals surface area contributed by atoms with Gasteiger partial charge in [-0.25, -0.2) is 19.9 Å². The monoisotopic (exact) mass is 1130 g/mol. The summed E-state index contributed by atoms with van der Waals surface area (Å²) >= 11 is 0. The lowest BCUT2D eigenvalue weighted by Gasteiger charge is -2.20. The Morgan fingerprint density at radius 2 is 1.16 bits per heavy atom. The van der Waals surface area contributed by atoms with E-state index in [1.165, 1.54) is 52.7 Å². The fraction of sp³-hybridized carbons (Fsp3) is 0.444. The first kappa shape index (κ1) is 59.7. The molecule has 0 saturated heterocycles. The first-order chi connectivity index (χ1) is 37.4. The Balaban J connectivity index is 0.000000236. The van der Waals surface area contributed by atoms with Crippen molar-refractivity contribution in [1.82, 2.24) is 69.5 Å². The number of aromatic amines is 1. The molecule has 0 bridgehead atoms. The summed E-state index contributed by atoms with van der Waals surface area (Å²) in [7, 11) is 5.38. The fourth-order valence-corrected chi connectivity index (χ4v) is 8.96. The topological polar surface area (TPSA) is 234 Å². The van der Waals surface area contributed by atoms with Crippen molar-refractivity contribution < 1.29 is 51.0 Å². The molecule has 0 spiro atoms. The van der Waals surface area contributed by atoms with Crippen molar-refractivity contribution >= 4 is 75.8 Å². The van der Waals surface area contributed by atoms with Crippen LogP contribution in [0.2, 0.25) is 25.7 Å². The quantitative estimate of drug-likeness (QED) is 0.0390. The van der Waals surface area contributed by atoms with Gasteiger partial charge in [-0.05, 0) is 84.0 Å². The van der Waals surface area contributed by atoms with Crippen molar-refractivity contribution in [1.29, 1.82) is 0 Å². The maximum atomic E-state index is 13.4. The van der Waals surface area contributed by atoms with Gasteiger partial charge in [-0.2, -0.15) is 27.8 Å². The molecular weight excluding hydrogens is 1060 g/mol. The average molecular weight is 1130 g/mol. The molecule has 428 valence electrons. The number of fused-ring (bicyclic) bond motifs is 4. The van der Waals surface area contributed by atoms with Crippen molar-refractivity contribution in [3.05, 3.63) is 72.3 Å². The van der Waals surface area contributed by atoms with Gasteiger partial charge in [0.1, 0.15) is 52.0 Å². The molecule has 26 heteroatoms. The van der Waals surface area contributed by atoms with Crippen LogP contribution in [0.15, 0.2) is 61.2 Å². The van der Waals surface area contributed by atoms with E-state index in [1.54, 1.807) is 60.5 Å². The molecule has 4 amide bonds. The number of carbonyl (C=O) groups is 4. The smallest absolute Gasteiger partial charge is 0.387 e. The molecular formula is C54H68F4N14O7Si. The van der Waals surface area contributed by atoms with Crippen molar-refractivity contribution in [3.8, 4) is 34.3 Å². The van der Waals surface area contributed by atoms with Crippen molar-refractivity contribution in [2.45, 2.75) is 124 Å². The number of rotatable bonds is 19. The second kappa shape index (κ2) is 24.2. The van der Waals surface area contributed by atoms with E-state index < -0.39 is 32.4 Å². The Labute approximate surface area is 460 Å². The molecule has 0 aliphatic carbocycles. The van der Waals surface area contributed by atoms with Crippen molar-refractivity contribution in [3.63, 3.8) is 0 Å². The van der Waals surface area contributed by atoms with Gasteiger partial charge in [0.15, 0.2) is 11.3 Å². The molecule has 0 atom stereocenters. The van der Waals surface area contributed by atoms with E-state index in [0.717, 1.165) is 6.04 Å². The highest BCUT2D eigenvalue weighted by Gasteiger charge is 2.26. The number of amides is 4. The van der Waals surface area contributed by atoms with E-state index in [2.05, 4.69) is 64.8 Å². The number of aromatic nitrogens is 10. The molecule has 6 aromatic heterocycles. The molecule has 80 heavy (non-hydrogen) atoms. The second-order valence-electron chi connectivity index (χ2n) is 22.7. The van der Waals surface area contributed by atoms with Crippen LogP contribution in [0, 0.1) is 0 Å². The predicted molar refractivity (Wildman–Crippen MR) is 297 cm³/mol. The molecule has 8 rings (SSSR count). The maximum absolute atomic E-state index is 13.4. The molecule has 6 heterocycles. The standard InChI is InChI=1S/C30H41F2N7O4Si.C24H27F2N7O3/c1-30(2,3)35-28(41)21-17-38(18-42-13-14-44(6,7)8)27-26(21)34-22(16-33-27)25-20-15-19(43-29(31)32)9-10-23(20)39(36-25)12-11-24(40)37(4)5;1-24(2,3)30-22(35)15-11-27-21-20(15)29-16(12-28-21)19-14-10-13(36-23(25)26)6-7-17(14)33(31-19)9-8-18(34)32(4)5/h9-10,15-17,29H,11-14,18H2,1-8H3,(H,35,41);6-7,10-12,23H,8-9H2,1-5H3,(H,27,28)(H,30,35). The molecule has 0 aliphatic heterocycles. The highest BCUT2D eigenvalue weighted by Crippen LogP contribution is 2.34. The van der Waals surface area contributed by atoms with Crippen LogP contribution >= 0.6 is 0 Å². The van der Waals surface area contributed by atoms with Crippen LogP contribution in [-0.4, -0.2) is 150 Å². The van der Waals surface area contributed by atoms with E-state index in [4.69, 9.17) is 14.8 Å². The van der Waals surface area contributed by atoms with Gasteiger partial charge in [0.2, 0.25) is 11.8 Å². The lowest BCUT2D eigenvalue weighted by Crippen LogP contribution is -2.40. The number of H-pyrrole nitrogens is 1. The molecule has 0 saturated carbocycles. The number of carbonyl (C=O) groups excluding carboxylic acids is 4. The van der Waals surface area contributed by atoms with Crippen LogP contribution in [0.5, 0.6) is 11.5 Å². The Kier molecular flexibility index (Phi) is 18.0. The Hall–Kier alpha value is -8.00. The highest BCUT2D eigenvalue weighted by molar-refractivity contribution is 6.76. The molecule has 0 radical (unpaired) electrons. The summed E-state index contributed by atoms with van der Waals surface area (Å²) in [5.41, 5.74) is 3.86. The van der Waals surface area contributed by atoms with Gasteiger partial charge in [0.25, 0.3) is 11.8 Å². The van der Waals surface area contributed by atoms with Crippen LogP contribution in [0.3, 0.4) is 0 Å². The summed E-state index contributed by atoms with van der Waals surface area (Å²) in [6, 6.07) is 9.97. The Morgan fingerprint density at radius 3 is 1.62 bits per heavy atom. The zero-order valence-electron chi connectivity index (χ0n) is 47.2. The van der Waals surface area contributed by atoms with Gasteiger partial charge < -0.3 is 44.2 Å². The minimum absolute atomic E-state index is 0.0383. The molecule has 0 aliphatic rings. The average Bonchev–Trinajstić information content (AvgIpc) is 4.34. The largest absolute Gasteiger partial charge is 0.435 e. The van der Waals surface area contributed by atoms with Gasteiger partial charge in [0.05, 0.1) is 47.6 Å². The Bertz CT molecular complexity index is 3550. The summed E-state index contributed by atoms with van der Waals surface area (Å²) in [4.78, 5) is 75.1. The van der Waals surface area contributed by atoms with Crippen LogP contribution in [0.4, 0.5) is 17.6 Å². The summed E-state index contributed by atoms with van der Waals surface area (Å²) in [5, 5.41) is 16.2. The number of aryl methyl sites for hydroxylation is 2. The SMILES string of the molecule is CN(C)C(=O)CCn1nc(-c2cnc3[nH]cc(C(=O)NC(C)(C)C)c3n2)c2cc(OC(F)F)ccc21.CN(C)C(=O)CCn1nc(-c2cnc3c(n2)c(C(=O)NC(C)(C)C)cn3COCC[Si](C)(C)C)c2cc(OC(F)F)ccc21. The normalized spacial score (nSPS) is 12.1. The minimum Gasteiger partial charge on any atom is -0.435 e. The number of ether oxygens (including phenoxy) is 3. The first-order valence-electron chi connectivity index (χ1n) is 25.7. The third-order valence-electron chi connectivity index (χ3n) is 12.1. The number of hydrogen-bond acceptors (Lipinski definition) is 13. The fourth-order valence-electron chi connectivity index (χ4n) is 8.20. The highest BCUT2D eigenvalue weighted by atomic mass is 28.3. The van der Waals surface area contributed by atoms with E-state index in [-0.39, 0.29) is 67.8 Å². The maximum Gasteiger partial charge on any atom is 0.387 e. The third-order valence-corrected chi connectivity index (χ3v) is 13.8. The van der Waals surface area contributed by atoms with Gasteiger partial charge in [-0.3, -0.25) is 28.5 Å². The number of alkyl halides is 4. The van der Waals surface area contributed by atoms with Crippen LogP contribution in [0.1, 0.15) is 75.1 Å². The zero-order chi connectivity index (χ0) is 58.6. The molecule has 3 N–H and O–H groups in total. The van der Waals surface area contributed by atoms with Gasteiger partial charge in [-0.1, -0.05) is 19.6 Å². The second-order valence-corrected chi connectivity index (χ2v) is 28.3. The number of nitrogens with one attached hydrogen (secondary N) is 3. The lowest BCUT2D eigenvalue weighted by atomic mass is 10.1. The summed E-state index contributed by atoms with van der Waals surface area (Å²) < 4.78 is 72.1. The minimum atomic E-state index is -3.00. The molecule has 8 aromatic rings. The number of hydrogen-bond donors (Lipinski definition) is 3. The van der Waals surface area contributed by atoms with Gasteiger partial charge in [-0.15, -0.1) is 0 Å². The zero-order valence-corrected chi connectivity index (χ0v) is 48.2. The lowest BCUT2D eigenvalue weighted by molar-refractivity contribution is -0.129. The molecule has 21 nitrogen and oxygen atoms in total. The number of benzene rings is 2. The van der Waals surface area contributed by atoms with E-state index in [0.29, 0.717) is 84.6 Å². The van der Waals surface area contributed by atoms with Crippen LogP contribution < -0.4 is 20.1 Å². The van der Waals surface area contributed by atoms with E-state index in [1.807, 2.05) is 41.5 Å². The Morgan fingerprint density at radius 1 is 0.688 bits per heavy atom. The van der Waals surface area contributed by atoms with Crippen molar-refractivity contribution in [2.75, 3.05) is 34.8 Å². The van der Waals surface area contributed by atoms with Gasteiger partial charge >= 0.3 is 13.2 Å². The molecule has 0 unspecified atom stereocenters.